The molecule has 0 N–H and O–H groups in total. The van der Waals surface area contributed by atoms with Gasteiger partial charge in [0.05, 0.1) is 16.6 Å². The molecule has 0 radical (unpaired) electrons. The third-order valence-electron chi connectivity index (χ3n) is 4.40. The second-order valence-corrected chi connectivity index (χ2v) is 8.94. The summed E-state index contributed by atoms with van der Waals surface area (Å²) < 4.78 is 42.1. The predicted octanol–water partition coefficient (Wildman–Crippen LogP) is 5.48. The van der Waals surface area contributed by atoms with Crippen molar-refractivity contribution in [3.05, 3.63) is 48.0 Å². The molecule has 1 heterocycles. The summed E-state index contributed by atoms with van der Waals surface area (Å²) in [5.41, 5.74) is 1.40. The van der Waals surface area contributed by atoms with Gasteiger partial charge in [0.25, 0.3) is 0 Å². The molecule has 174 valence electrons. The Hall–Kier alpha value is -2.01. The number of hydrogen-bond donors (Lipinski definition) is 0. The van der Waals surface area contributed by atoms with Crippen LogP contribution in [-0.2, 0) is 11.2 Å². The second kappa shape index (κ2) is 11.2. The van der Waals surface area contributed by atoms with Gasteiger partial charge in [-0.05, 0) is 50.2 Å². The van der Waals surface area contributed by atoms with Crippen molar-refractivity contribution in [3.63, 3.8) is 0 Å². The predicted molar refractivity (Wildman–Crippen MR) is 126 cm³/mol. The zero-order valence-corrected chi connectivity index (χ0v) is 20.1. The number of fused-ring (bicyclic) bond motifs is 1. The molecule has 0 aliphatic rings. The van der Waals surface area contributed by atoms with Crippen molar-refractivity contribution in [2.45, 2.75) is 17.7 Å². The van der Waals surface area contributed by atoms with Crippen molar-refractivity contribution < 1.29 is 22.7 Å². The Kier molecular flexibility index (Phi) is 9.20. The molecule has 0 aliphatic carbocycles. The Morgan fingerprint density at radius 1 is 1.12 bits per heavy atom. The molecular weight excluding hydrogens is 483 g/mol. The molecule has 1 aromatic heterocycles. The van der Waals surface area contributed by atoms with E-state index < -0.39 is 6.36 Å². The van der Waals surface area contributed by atoms with Crippen LogP contribution in [0.2, 0.25) is 0 Å². The summed E-state index contributed by atoms with van der Waals surface area (Å²) in [4.78, 5) is 22.3. The fourth-order valence-electron chi connectivity index (χ4n) is 2.85. The largest absolute Gasteiger partial charge is 0.573 e. The molecule has 0 bridgehead atoms. The number of thiazole rings is 1. The normalized spacial score (nSPS) is 11.5. The number of aromatic nitrogens is 1. The van der Waals surface area contributed by atoms with Crippen molar-refractivity contribution in [1.82, 2.24) is 9.88 Å². The van der Waals surface area contributed by atoms with Gasteiger partial charge in [0.2, 0.25) is 5.91 Å². The standard InChI is InChI=1S/C21H22F3N3O2S2.ClH/c1-26(2)10-11-27(19(28)12-14-4-7-16(30-3)8-5-14)20-25-17-9-6-15(13-18(17)31-20)29-21(22,23)24;/h4-9,13H,10-12H2,1-3H3;1H. The van der Waals surface area contributed by atoms with Crippen LogP contribution in [0.4, 0.5) is 18.3 Å². The number of thioether (sulfide) groups is 1. The summed E-state index contributed by atoms with van der Waals surface area (Å²) in [6, 6.07) is 11.8. The summed E-state index contributed by atoms with van der Waals surface area (Å²) in [5, 5.41) is 0.451. The first-order chi connectivity index (χ1) is 14.6. The minimum Gasteiger partial charge on any atom is -0.406 e. The SMILES string of the molecule is CSc1ccc(CC(=O)N(CCN(C)C)c2nc3ccc(OC(F)(F)F)cc3s2)cc1.Cl. The minimum atomic E-state index is -4.76. The van der Waals surface area contributed by atoms with E-state index in [2.05, 4.69) is 9.72 Å². The van der Waals surface area contributed by atoms with Gasteiger partial charge in [0.15, 0.2) is 5.13 Å². The molecule has 3 rings (SSSR count). The molecule has 5 nitrogen and oxygen atoms in total. The van der Waals surface area contributed by atoms with Gasteiger partial charge in [-0.25, -0.2) is 4.98 Å². The van der Waals surface area contributed by atoms with Gasteiger partial charge in [-0.2, -0.15) is 0 Å². The number of carbonyl (C=O) groups excluding carboxylic acids is 1. The lowest BCUT2D eigenvalue weighted by Crippen LogP contribution is -2.37. The number of rotatable bonds is 8. The van der Waals surface area contributed by atoms with E-state index in [1.807, 2.05) is 49.5 Å². The molecule has 3 aromatic rings. The maximum absolute atomic E-state index is 13.1. The average Bonchev–Trinajstić information content (AvgIpc) is 3.10. The average molecular weight is 506 g/mol. The van der Waals surface area contributed by atoms with Crippen molar-refractivity contribution >= 4 is 56.8 Å². The summed E-state index contributed by atoms with van der Waals surface area (Å²) in [7, 11) is 3.81. The number of hydrogen-bond acceptors (Lipinski definition) is 6. The third kappa shape index (κ3) is 7.26. The van der Waals surface area contributed by atoms with Gasteiger partial charge in [0.1, 0.15) is 5.75 Å². The molecule has 0 spiro atoms. The van der Waals surface area contributed by atoms with Crippen LogP contribution in [-0.4, -0.2) is 55.6 Å². The number of nitrogens with zero attached hydrogens (tertiary/aromatic N) is 3. The lowest BCUT2D eigenvalue weighted by atomic mass is 10.1. The molecule has 1 amide bonds. The first-order valence-corrected chi connectivity index (χ1v) is 11.4. The smallest absolute Gasteiger partial charge is 0.406 e. The molecule has 0 aliphatic heterocycles. The van der Waals surface area contributed by atoms with E-state index in [-0.39, 0.29) is 30.5 Å². The zero-order valence-electron chi connectivity index (χ0n) is 17.7. The first kappa shape index (κ1) is 26.2. The maximum atomic E-state index is 13.1. The van der Waals surface area contributed by atoms with Gasteiger partial charge in [-0.3, -0.25) is 9.69 Å². The van der Waals surface area contributed by atoms with Crippen molar-refractivity contribution in [1.29, 1.82) is 0 Å². The highest BCUT2D eigenvalue weighted by Crippen LogP contribution is 2.33. The van der Waals surface area contributed by atoms with E-state index in [4.69, 9.17) is 0 Å². The summed E-state index contributed by atoms with van der Waals surface area (Å²) >= 11 is 2.79. The molecule has 32 heavy (non-hydrogen) atoms. The fraction of sp³-hybridized carbons (Fsp3) is 0.333. The second-order valence-electron chi connectivity index (χ2n) is 7.05. The van der Waals surface area contributed by atoms with Gasteiger partial charge >= 0.3 is 6.36 Å². The van der Waals surface area contributed by atoms with Crippen molar-refractivity contribution in [2.75, 3.05) is 38.3 Å². The highest BCUT2D eigenvalue weighted by atomic mass is 35.5. The van der Waals surface area contributed by atoms with E-state index in [1.54, 1.807) is 16.7 Å². The minimum absolute atomic E-state index is 0. The van der Waals surface area contributed by atoms with Crippen LogP contribution in [0.25, 0.3) is 10.2 Å². The molecule has 0 saturated carbocycles. The third-order valence-corrected chi connectivity index (χ3v) is 6.18. The Bertz CT molecular complexity index is 1040. The fourth-order valence-corrected chi connectivity index (χ4v) is 4.29. The van der Waals surface area contributed by atoms with Crippen molar-refractivity contribution in [2.24, 2.45) is 0 Å². The Balaban J connectivity index is 0.00000363. The highest BCUT2D eigenvalue weighted by Gasteiger charge is 2.31. The van der Waals surface area contributed by atoms with E-state index in [0.29, 0.717) is 28.4 Å². The number of anilines is 1. The number of benzene rings is 2. The quantitative estimate of drug-likeness (QED) is 0.379. The van der Waals surface area contributed by atoms with Crippen LogP contribution in [0.5, 0.6) is 5.75 Å². The van der Waals surface area contributed by atoms with E-state index in [1.165, 1.54) is 29.5 Å². The number of amides is 1. The topological polar surface area (TPSA) is 45.7 Å². The summed E-state index contributed by atoms with van der Waals surface area (Å²) in [5.74, 6) is -0.431. The maximum Gasteiger partial charge on any atom is 0.573 e. The molecule has 0 unspecified atom stereocenters. The van der Waals surface area contributed by atoms with E-state index in [0.717, 1.165) is 10.5 Å². The molecule has 11 heteroatoms. The number of halogens is 4. The van der Waals surface area contributed by atoms with Crippen LogP contribution in [0.15, 0.2) is 47.4 Å². The number of likely N-dealkylation sites (N-methyl/N-ethyl adjacent to an activating group) is 1. The zero-order chi connectivity index (χ0) is 22.6. The molecule has 0 atom stereocenters. The Morgan fingerprint density at radius 2 is 1.81 bits per heavy atom. The molecular formula is C21H23ClF3N3O2S2. The lowest BCUT2D eigenvalue weighted by molar-refractivity contribution is -0.274. The summed E-state index contributed by atoms with van der Waals surface area (Å²) in [6.45, 7) is 1.04. The van der Waals surface area contributed by atoms with Gasteiger partial charge in [-0.1, -0.05) is 23.5 Å². The lowest BCUT2D eigenvalue weighted by Gasteiger charge is -2.22. The van der Waals surface area contributed by atoms with Crippen LogP contribution >= 0.6 is 35.5 Å². The molecule has 0 fully saturated rings. The van der Waals surface area contributed by atoms with Crippen molar-refractivity contribution in [3.8, 4) is 5.75 Å². The number of alkyl halides is 3. The van der Waals surface area contributed by atoms with Crippen LogP contribution in [0.1, 0.15) is 5.56 Å². The number of carbonyl (C=O) groups is 1. The van der Waals surface area contributed by atoms with E-state index >= 15 is 0 Å². The highest BCUT2D eigenvalue weighted by molar-refractivity contribution is 7.98. The molecule has 0 saturated heterocycles. The Labute approximate surface area is 199 Å². The molecule has 2 aromatic carbocycles. The van der Waals surface area contributed by atoms with E-state index in [9.17, 15) is 18.0 Å². The van der Waals surface area contributed by atoms with Gasteiger partial charge in [-0.15, -0.1) is 37.3 Å². The van der Waals surface area contributed by atoms with Crippen LogP contribution < -0.4 is 9.64 Å². The Morgan fingerprint density at radius 3 is 2.41 bits per heavy atom. The van der Waals surface area contributed by atoms with Gasteiger partial charge < -0.3 is 9.64 Å². The monoisotopic (exact) mass is 505 g/mol. The van der Waals surface area contributed by atoms with Gasteiger partial charge in [0, 0.05) is 24.1 Å². The van der Waals surface area contributed by atoms with Crippen LogP contribution in [0.3, 0.4) is 0 Å². The number of ether oxygens (including phenoxy) is 1. The van der Waals surface area contributed by atoms with Crippen LogP contribution in [0, 0.1) is 0 Å². The first-order valence-electron chi connectivity index (χ1n) is 9.39. The summed E-state index contributed by atoms with van der Waals surface area (Å²) in [6.07, 6.45) is -2.57.